The number of methoxy groups -OCH3 is 2. The van der Waals surface area contributed by atoms with Gasteiger partial charge in [-0.1, -0.05) is 20.8 Å². The Morgan fingerprint density at radius 1 is 1.22 bits per heavy atom. The minimum absolute atomic E-state index is 0.356. The summed E-state index contributed by atoms with van der Waals surface area (Å²) in [7, 11) is 3.26. The summed E-state index contributed by atoms with van der Waals surface area (Å²) in [6.45, 7) is 8.47. The van der Waals surface area contributed by atoms with Gasteiger partial charge in [-0.05, 0) is 18.4 Å². The van der Waals surface area contributed by atoms with Crippen molar-refractivity contribution in [2.45, 2.75) is 33.7 Å². The average molecular weight is 252 g/mol. The lowest BCUT2D eigenvalue weighted by Gasteiger charge is -2.18. The van der Waals surface area contributed by atoms with Crippen molar-refractivity contribution in [3.63, 3.8) is 0 Å². The Morgan fingerprint density at radius 3 is 2.50 bits per heavy atom. The Bertz CT molecular complexity index is 373. The van der Waals surface area contributed by atoms with E-state index < -0.39 is 0 Å². The molecule has 1 aromatic rings. The number of aromatic nitrogens is 1. The van der Waals surface area contributed by atoms with E-state index in [-0.39, 0.29) is 0 Å². The highest BCUT2D eigenvalue weighted by Crippen LogP contribution is 2.22. The van der Waals surface area contributed by atoms with Gasteiger partial charge in [-0.25, -0.2) is 4.98 Å². The van der Waals surface area contributed by atoms with Gasteiger partial charge in [0.2, 0.25) is 5.88 Å². The number of hydrogen-bond acceptors (Lipinski definition) is 4. The summed E-state index contributed by atoms with van der Waals surface area (Å²) in [6, 6.07) is 1.81. The molecule has 0 aliphatic carbocycles. The van der Waals surface area contributed by atoms with Gasteiger partial charge < -0.3 is 14.8 Å². The van der Waals surface area contributed by atoms with Crippen molar-refractivity contribution in [1.29, 1.82) is 0 Å². The molecule has 0 unspecified atom stereocenters. The largest absolute Gasteiger partial charge is 0.496 e. The predicted octanol–water partition coefficient (Wildman–Crippen LogP) is 2.62. The molecule has 0 bridgehead atoms. The van der Waals surface area contributed by atoms with Gasteiger partial charge in [0.1, 0.15) is 5.75 Å². The van der Waals surface area contributed by atoms with Crippen LogP contribution in [0.15, 0.2) is 12.3 Å². The van der Waals surface area contributed by atoms with Gasteiger partial charge in [0.05, 0.1) is 14.2 Å². The molecular formula is C14H24N2O2. The first-order valence-corrected chi connectivity index (χ1v) is 6.24. The lowest BCUT2D eigenvalue weighted by molar-refractivity contribution is 0.362. The van der Waals surface area contributed by atoms with Crippen LogP contribution in [0.1, 0.15) is 32.8 Å². The summed E-state index contributed by atoms with van der Waals surface area (Å²) in [5.74, 6) is 1.38. The van der Waals surface area contributed by atoms with Crippen molar-refractivity contribution in [2.75, 3.05) is 20.8 Å². The summed E-state index contributed by atoms with van der Waals surface area (Å²) >= 11 is 0. The number of hydrogen-bond donors (Lipinski definition) is 1. The van der Waals surface area contributed by atoms with E-state index in [9.17, 15) is 0 Å². The minimum Gasteiger partial charge on any atom is -0.496 e. The second kappa shape index (κ2) is 6.59. The Labute approximate surface area is 110 Å². The first-order chi connectivity index (χ1) is 8.46. The molecule has 1 rings (SSSR count). The molecule has 0 spiro atoms. The van der Waals surface area contributed by atoms with Gasteiger partial charge in [-0.15, -0.1) is 0 Å². The monoisotopic (exact) mass is 252 g/mol. The Morgan fingerprint density at radius 2 is 1.94 bits per heavy atom. The van der Waals surface area contributed by atoms with E-state index in [0.29, 0.717) is 11.3 Å². The van der Waals surface area contributed by atoms with Gasteiger partial charge in [0.15, 0.2) is 0 Å². The molecule has 4 nitrogen and oxygen atoms in total. The SMILES string of the molecule is COc1cc(OC)c(CNCCC(C)(C)C)cn1. The van der Waals surface area contributed by atoms with Crippen LogP contribution in [-0.2, 0) is 6.54 Å². The minimum atomic E-state index is 0.356. The van der Waals surface area contributed by atoms with Crippen LogP contribution in [0.2, 0.25) is 0 Å². The first kappa shape index (κ1) is 14.8. The van der Waals surface area contributed by atoms with Crippen LogP contribution < -0.4 is 14.8 Å². The van der Waals surface area contributed by atoms with E-state index in [0.717, 1.165) is 30.8 Å². The molecule has 0 saturated heterocycles. The number of nitrogens with zero attached hydrogens (tertiary/aromatic N) is 1. The Kier molecular flexibility index (Phi) is 5.41. The van der Waals surface area contributed by atoms with Crippen LogP contribution in [0.25, 0.3) is 0 Å². The summed E-state index contributed by atoms with van der Waals surface area (Å²) in [5, 5.41) is 3.41. The molecule has 1 heterocycles. The first-order valence-electron chi connectivity index (χ1n) is 6.24. The third-order valence-electron chi connectivity index (χ3n) is 2.71. The highest BCUT2D eigenvalue weighted by Gasteiger charge is 2.10. The van der Waals surface area contributed by atoms with Gasteiger partial charge in [0, 0.05) is 24.4 Å². The maximum Gasteiger partial charge on any atom is 0.216 e. The van der Waals surface area contributed by atoms with Crippen molar-refractivity contribution >= 4 is 0 Å². The molecular weight excluding hydrogens is 228 g/mol. The maximum absolute atomic E-state index is 5.33. The molecule has 0 amide bonds. The van der Waals surface area contributed by atoms with E-state index in [2.05, 4.69) is 31.1 Å². The number of nitrogens with one attached hydrogen (secondary N) is 1. The Hall–Kier alpha value is -1.29. The molecule has 0 aliphatic heterocycles. The third-order valence-corrected chi connectivity index (χ3v) is 2.71. The van der Waals surface area contributed by atoms with E-state index in [1.807, 2.05) is 0 Å². The summed E-state index contributed by atoms with van der Waals surface area (Å²) < 4.78 is 10.4. The molecule has 4 heteroatoms. The van der Waals surface area contributed by atoms with Crippen LogP contribution in [0, 0.1) is 5.41 Å². The molecule has 102 valence electrons. The molecule has 0 atom stereocenters. The van der Waals surface area contributed by atoms with Crippen LogP contribution >= 0.6 is 0 Å². The zero-order chi connectivity index (χ0) is 13.6. The normalized spacial score (nSPS) is 11.4. The molecule has 18 heavy (non-hydrogen) atoms. The Balaban J connectivity index is 2.51. The second-order valence-electron chi connectivity index (χ2n) is 5.53. The standard InChI is InChI=1S/C14H24N2O2/c1-14(2,3)6-7-15-9-11-10-16-13(18-5)8-12(11)17-4/h8,10,15H,6-7,9H2,1-5H3. The third kappa shape index (κ3) is 4.92. The zero-order valence-electron chi connectivity index (χ0n) is 12.0. The van der Waals surface area contributed by atoms with E-state index in [1.165, 1.54) is 0 Å². The maximum atomic E-state index is 5.33. The van der Waals surface area contributed by atoms with E-state index in [1.54, 1.807) is 26.5 Å². The molecule has 1 aromatic heterocycles. The fourth-order valence-electron chi connectivity index (χ4n) is 1.57. The molecule has 0 aliphatic rings. The fraction of sp³-hybridized carbons (Fsp3) is 0.643. The van der Waals surface area contributed by atoms with Crippen LogP contribution in [0.5, 0.6) is 11.6 Å². The highest BCUT2D eigenvalue weighted by atomic mass is 16.5. The number of rotatable bonds is 6. The summed E-state index contributed by atoms with van der Waals surface area (Å²) in [6.07, 6.45) is 2.93. The van der Waals surface area contributed by atoms with Crippen molar-refractivity contribution in [1.82, 2.24) is 10.3 Å². The van der Waals surface area contributed by atoms with Crippen molar-refractivity contribution in [3.8, 4) is 11.6 Å². The molecule has 0 radical (unpaired) electrons. The number of pyridine rings is 1. The van der Waals surface area contributed by atoms with E-state index >= 15 is 0 Å². The lowest BCUT2D eigenvalue weighted by Crippen LogP contribution is -2.20. The topological polar surface area (TPSA) is 43.4 Å². The summed E-state index contributed by atoms with van der Waals surface area (Å²) in [5.41, 5.74) is 1.40. The number of ether oxygens (including phenoxy) is 2. The van der Waals surface area contributed by atoms with Gasteiger partial charge in [-0.2, -0.15) is 0 Å². The van der Waals surface area contributed by atoms with Crippen LogP contribution in [0.3, 0.4) is 0 Å². The average Bonchev–Trinajstić information content (AvgIpc) is 2.33. The van der Waals surface area contributed by atoms with Gasteiger partial charge in [0.25, 0.3) is 0 Å². The van der Waals surface area contributed by atoms with Crippen LogP contribution in [-0.4, -0.2) is 25.7 Å². The van der Waals surface area contributed by atoms with E-state index in [4.69, 9.17) is 9.47 Å². The smallest absolute Gasteiger partial charge is 0.216 e. The predicted molar refractivity (Wildman–Crippen MR) is 73.1 cm³/mol. The van der Waals surface area contributed by atoms with Crippen molar-refractivity contribution in [2.24, 2.45) is 5.41 Å². The highest BCUT2D eigenvalue weighted by molar-refractivity contribution is 5.35. The van der Waals surface area contributed by atoms with Crippen molar-refractivity contribution < 1.29 is 9.47 Å². The second-order valence-corrected chi connectivity index (χ2v) is 5.53. The molecule has 0 aromatic carbocycles. The van der Waals surface area contributed by atoms with Gasteiger partial charge in [-0.3, -0.25) is 0 Å². The quantitative estimate of drug-likeness (QED) is 0.790. The molecule has 0 saturated carbocycles. The summed E-state index contributed by atoms with van der Waals surface area (Å²) in [4.78, 5) is 4.19. The van der Waals surface area contributed by atoms with Crippen molar-refractivity contribution in [3.05, 3.63) is 17.8 Å². The fourth-order valence-corrected chi connectivity index (χ4v) is 1.57. The van der Waals surface area contributed by atoms with Gasteiger partial charge >= 0.3 is 0 Å². The lowest BCUT2D eigenvalue weighted by atomic mass is 9.92. The van der Waals surface area contributed by atoms with Crippen LogP contribution in [0.4, 0.5) is 0 Å². The zero-order valence-corrected chi connectivity index (χ0v) is 12.0. The molecule has 0 fully saturated rings. The molecule has 1 N–H and O–H groups in total.